The highest BCUT2D eigenvalue weighted by Crippen LogP contribution is 2.26. The Morgan fingerprint density at radius 3 is 2.58 bits per heavy atom. The summed E-state index contributed by atoms with van der Waals surface area (Å²) < 4.78 is 1.91. The molecular weight excluding hydrogens is 470 g/mol. The van der Waals surface area contributed by atoms with Gasteiger partial charge in [0.2, 0.25) is 5.91 Å². The van der Waals surface area contributed by atoms with E-state index in [0.29, 0.717) is 23.0 Å². The molecule has 2 aromatic carbocycles. The molecule has 2 aromatic heterocycles. The van der Waals surface area contributed by atoms with E-state index in [4.69, 9.17) is 0 Å². The van der Waals surface area contributed by atoms with Crippen LogP contribution >= 0.6 is 11.8 Å². The largest absolute Gasteiger partial charge is 0.342 e. The van der Waals surface area contributed by atoms with Crippen molar-refractivity contribution in [3.63, 3.8) is 0 Å². The first-order chi connectivity index (χ1) is 17.6. The zero-order valence-corrected chi connectivity index (χ0v) is 21.1. The van der Waals surface area contributed by atoms with Gasteiger partial charge in [0, 0.05) is 18.0 Å². The summed E-state index contributed by atoms with van der Waals surface area (Å²) in [6, 6.07) is 19.3. The first-order valence-electron chi connectivity index (χ1n) is 12.3. The van der Waals surface area contributed by atoms with Crippen LogP contribution in [0.4, 0.5) is 5.69 Å². The molecule has 36 heavy (non-hydrogen) atoms. The SMILES string of the molecule is CN(C(=O)CSc1ccccc1C(=O)Nc1ccc(-n2cnc3ccccc32)nc1)C1CCCCC1. The number of nitrogens with zero attached hydrogens (tertiary/aromatic N) is 4. The van der Waals surface area contributed by atoms with E-state index >= 15 is 0 Å². The van der Waals surface area contributed by atoms with Gasteiger partial charge in [0.25, 0.3) is 5.91 Å². The van der Waals surface area contributed by atoms with Gasteiger partial charge in [-0.3, -0.25) is 14.2 Å². The summed E-state index contributed by atoms with van der Waals surface area (Å²) >= 11 is 1.41. The quantitative estimate of drug-likeness (QED) is 0.337. The van der Waals surface area contributed by atoms with Crippen LogP contribution in [0.2, 0.25) is 0 Å². The molecule has 1 saturated carbocycles. The Hall–Kier alpha value is -3.65. The first-order valence-corrected chi connectivity index (χ1v) is 13.3. The molecule has 5 rings (SSSR count). The molecule has 4 aromatic rings. The van der Waals surface area contributed by atoms with Crippen molar-refractivity contribution in [3.8, 4) is 5.82 Å². The smallest absolute Gasteiger partial charge is 0.256 e. The molecule has 184 valence electrons. The number of anilines is 1. The van der Waals surface area contributed by atoms with E-state index in [9.17, 15) is 9.59 Å². The minimum absolute atomic E-state index is 0.105. The lowest BCUT2D eigenvalue weighted by atomic mass is 9.94. The second kappa shape index (κ2) is 11.0. The maximum absolute atomic E-state index is 13.1. The van der Waals surface area contributed by atoms with Gasteiger partial charge in [-0.25, -0.2) is 9.97 Å². The lowest BCUT2D eigenvalue weighted by Gasteiger charge is -2.31. The summed E-state index contributed by atoms with van der Waals surface area (Å²) in [5.41, 5.74) is 3.01. The monoisotopic (exact) mass is 499 g/mol. The standard InChI is InChI=1S/C28H29N5O2S/c1-32(21-9-3-2-4-10-21)27(34)18-36-25-14-8-5-11-22(25)28(35)31-20-15-16-26(29-17-20)33-19-30-23-12-6-7-13-24(23)33/h5-8,11-17,19,21H,2-4,9-10,18H2,1H3,(H,31,35). The fourth-order valence-corrected chi connectivity index (χ4v) is 5.61. The Kier molecular flexibility index (Phi) is 7.32. The summed E-state index contributed by atoms with van der Waals surface area (Å²) in [5.74, 6) is 0.910. The average Bonchev–Trinajstić information content (AvgIpc) is 3.36. The number of fused-ring (bicyclic) bond motifs is 1. The maximum atomic E-state index is 13.1. The molecule has 1 N–H and O–H groups in total. The predicted molar refractivity (Wildman–Crippen MR) is 144 cm³/mol. The van der Waals surface area contributed by atoms with Crippen molar-refractivity contribution in [2.45, 2.75) is 43.0 Å². The molecule has 0 atom stereocenters. The van der Waals surface area contributed by atoms with Crippen LogP contribution in [-0.4, -0.2) is 50.1 Å². The van der Waals surface area contributed by atoms with E-state index in [0.717, 1.165) is 34.6 Å². The van der Waals surface area contributed by atoms with Gasteiger partial charge in [-0.05, 0) is 49.2 Å². The van der Waals surface area contributed by atoms with E-state index in [1.54, 1.807) is 18.6 Å². The van der Waals surface area contributed by atoms with Gasteiger partial charge in [-0.1, -0.05) is 43.5 Å². The minimum atomic E-state index is -0.228. The van der Waals surface area contributed by atoms with Gasteiger partial charge in [0.05, 0.1) is 34.2 Å². The summed E-state index contributed by atoms with van der Waals surface area (Å²) in [7, 11) is 1.90. The van der Waals surface area contributed by atoms with Crippen molar-refractivity contribution in [1.29, 1.82) is 0 Å². The summed E-state index contributed by atoms with van der Waals surface area (Å²) in [5, 5.41) is 2.94. The number of aromatic nitrogens is 3. The van der Waals surface area contributed by atoms with Crippen LogP contribution in [0.25, 0.3) is 16.9 Å². The molecule has 0 saturated heterocycles. The van der Waals surface area contributed by atoms with E-state index in [2.05, 4.69) is 15.3 Å². The number of pyridine rings is 1. The van der Waals surface area contributed by atoms with Crippen LogP contribution in [0, 0.1) is 0 Å². The molecule has 0 spiro atoms. The molecular formula is C28H29N5O2S. The Labute approximate surface area is 214 Å². The van der Waals surface area contributed by atoms with Crippen LogP contribution in [-0.2, 0) is 4.79 Å². The highest BCUT2D eigenvalue weighted by molar-refractivity contribution is 8.00. The summed E-state index contributed by atoms with van der Waals surface area (Å²) in [6.07, 6.45) is 9.17. The molecule has 2 amide bonds. The van der Waals surface area contributed by atoms with Crippen molar-refractivity contribution in [1.82, 2.24) is 19.4 Å². The predicted octanol–water partition coefficient (Wildman–Crippen LogP) is 5.56. The number of benzene rings is 2. The van der Waals surface area contributed by atoms with Crippen molar-refractivity contribution in [2.24, 2.45) is 0 Å². The van der Waals surface area contributed by atoms with Gasteiger partial charge >= 0.3 is 0 Å². The third kappa shape index (κ3) is 5.28. The van der Waals surface area contributed by atoms with E-state index in [1.165, 1.54) is 31.0 Å². The van der Waals surface area contributed by atoms with Gasteiger partial charge in [0.1, 0.15) is 12.1 Å². The molecule has 2 heterocycles. The zero-order chi connectivity index (χ0) is 24.9. The fourth-order valence-electron chi connectivity index (χ4n) is 4.64. The molecule has 0 aliphatic heterocycles. The number of amides is 2. The third-order valence-corrected chi connectivity index (χ3v) is 7.76. The number of nitrogens with one attached hydrogen (secondary N) is 1. The van der Waals surface area contributed by atoms with Crippen LogP contribution in [0.1, 0.15) is 42.5 Å². The van der Waals surface area contributed by atoms with Crippen LogP contribution in [0.15, 0.2) is 78.1 Å². The van der Waals surface area contributed by atoms with Crippen LogP contribution in [0.3, 0.4) is 0 Å². The molecule has 0 radical (unpaired) electrons. The number of thioether (sulfide) groups is 1. The highest BCUT2D eigenvalue weighted by Gasteiger charge is 2.22. The second-order valence-corrected chi connectivity index (χ2v) is 10.1. The molecule has 0 bridgehead atoms. The number of hydrogen-bond acceptors (Lipinski definition) is 5. The van der Waals surface area contributed by atoms with Crippen molar-refractivity contribution >= 4 is 40.3 Å². The second-order valence-electron chi connectivity index (χ2n) is 9.04. The Morgan fingerprint density at radius 2 is 1.78 bits per heavy atom. The minimum Gasteiger partial charge on any atom is -0.342 e. The first kappa shape index (κ1) is 24.1. The molecule has 8 heteroatoms. The molecule has 0 unspecified atom stereocenters. The van der Waals surface area contributed by atoms with Crippen molar-refractivity contribution in [3.05, 3.63) is 78.8 Å². The van der Waals surface area contributed by atoms with Crippen LogP contribution < -0.4 is 5.32 Å². The van der Waals surface area contributed by atoms with E-state index in [-0.39, 0.29) is 11.8 Å². The van der Waals surface area contributed by atoms with Gasteiger partial charge in [-0.15, -0.1) is 11.8 Å². The van der Waals surface area contributed by atoms with E-state index < -0.39 is 0 Å². The molecule has 1 aliphatic rings. The number of rotatable bonds is 7. The van der Waals surface area contributed by atoms with Gasteiger partial charge in [0.15, 0.2) is 0 Å². The van der Waals surface area contributed by atoms with Crippen LogP contribution in [0.5, 0.6) is 0 Å². The normalized spacial score (nSPS) is 14.0. The average molecular weight is 500 g/mol. The topological polar surface area (TPSA) is 80.1 Å². The number of para-hydroxylation sites is 2. The Balaban J connectivity index is 1.24. The fraction of sp³-hybridized carbons (Fsp3) is 0.286. The number of carbonyl (C=O) groups excluding carboxylic acids is 2. The zero-order valence-electron chi connectivity index (χ0n) is 20.3. The molecule has 7 nitrogen and oxygen atoms in total. The third-order valence-electron chi connectivity index (χ3n) is 6.70. The lowest BCUT2D eigenvalue weighted by Crippen LogP contribution is -2.39. The summed E-state index contributed by atoms with van der Waals surface area (Å²) in [4.78, 5) is 37.5. The number of imidazole rings is 1. The number of hydrogen-bond donors (Lipinski definition) is 1. The lowest BCUT2D eigenvalue weighted by molar-refractivity contribution is -0.129. The Bertz CT molecular complexity index is 1360. The Morgan fingerprint density at radius 1 is 1.00 bits per heavy atom. The van der Waals surface area contributed by atoms with Gasteiger partial charge in [-0.2, -0.15) is 0 Å². The molecule has 1 fully saturated rings. The van der Waals surface area contributed by atoms with E-state index in [1.807, 2.05) is 71.1 Å². The van der Waals surface area contributed by atoms with Gasteiger partial charge < -0.3 is 10.2 Å². The summed E-state index contributed by atoms with van der Waals surface area (Å²) in [6.45, 7) is 0. The molecule has 1 aliphatic carbocycles. The number of carbonyl (C=O) groups is 2. The maximum Gasteiger partial charge on any atom is 0.256 e. The van der Waals surface area contributed by atoms with Crippen molar-refractivity contribution in [2.75, 3.05) is 18.1 Å². The highest BCUT2D eigenvalue weighted by atomic mass is 32.2. The van der Waals surface area contributed by atoms with Crippen molar-refractivity contribution < 1.29 is 9.59 Å².